The Labute approximate surface area is 132 Å². The zero-order valence-corrected chi connectivity index (χ0v) is 13.2. The minimum absolute atomic E-state index is 0.308. The lowest BCUT2D eigenvalue weighted by Crippen LogP contribution is -2.16. The molecule has 4 heteroatoms. The normalized spacial score (nSPS) is 14.2. The predicted molar refractivity (Wildman–Crippen MR) is 84.7 cm³/mol. The van der Waals surface area contributed by atoms with Gasteiger partial charge in [0.2, 0.25) is 0 Å². The van der Waals surface area contributed by atoms with Crippen LogP contribution >= 0.6 is 15.9 Å². The quantitative estimate of drug-likeness (QED) is 0.833. The van der Waals surface area contributed by atoms with E-state index in [1.807, 2.05) is 30.3 Å². The Morgan fingerprint density at radius 1 is 1.10 bits per heavy atom. The van der Waals surface area contributed by atoms with E-state index in [9.17, 15) is 4.39 Å². The van der Waals surface area contributed by atoms with E-state index in [1.165, 1.54) is 18.9 Å². The number of hydrogen-bond donors (Lipinski definition) is 1. The number of rotatable bonds is 6. The van der Waals surface area contributed by atoms with E-state index in [0.29, 0.717) is 24.9 Å². The summed E-state index contributed by atoms with van der Waals surface area (Å²) in [4.78, 5) is 0. The topological polar surface area (TPSA) is 21.3 Å². The highest BCUT2D eigenvalue weighted by atomic mass is 79.9. The van der Waals surface area contributed by atoms with Crippen LogP contribution in [-0.2, 0) is 13.2 Å². The molecule has 2 aromatic rings. The standard InChI is InChI=1S/C17H17BrFNO/c18-15-6-2-1-4-13(15)11-21-17-12(5-3-7-16(17)19)10-20-14-8-9-14/h1-7,14,20H,8-11H2. The fraction of sp³-hybridized carbons (Fsp3) is 0.294. The molecule has 2 aromatic carbocycles. The molecule has 0 aliphatic heterocycles. The van der Waals surface area contributed by atoms with Crippen molar-refractivity contribution in [3.05, 3.63) is 63.9 Å². The van der Waals surface area contributed by atoms with Gasteiger partial charge in [0.05, 0.1) is 0 Å². The van der Waals surface area contributed by atoms with Crippen molar-refractivity contribution in [3.8, 4) is 5.75 Å². The second-order valence-electron chi connectivity index (χ2n) is 5.26. The Bertz CT molecular complexity index is 628. The predicted octanol–water partition coefficient (Wildman–Crippen LogP) is 4.42. The van der Waals surface area contributed by atoms with Gasteiger partial charge in [-0.1, -0.05) is 46.3 Å². The van der Waals surface area contributed by atoms with Gasteiger partial charge in [-0.15, -0.1) is 0 Å². The molecule has 21 heavy (non-hydrogen) atoms. The van der Waals surface area contributed by atoms with Gasteiger partial charge in [0.25, 0.3) is 0 Å². The van der Waals surface area contributed by atoms with Crippen molar-refractivity contribution in [2.45, 2.75) is 32.0 Å². The third-order valence-corrected chi connectivity index (χ3v) is 4.31. The van der Waals surface area contributed by atoms with Gasteiger partial charge in [0, 0.05) is 28.2 Å². The highest BCUT2D eigenvalue weighted by molar-refractivity contribution is 9.10. The molecule has 1 aliphatic carbocycles. The summed E-state index contributed by atoms with van der Waals surface area (Å²) >= 11 is 3.48. The van der Waals surface area contributed by atoms with E-state index in [-0.39, 0.29) is 5.82 Å². The first-order valence-corrected chi connectivity index (χ1v) is 7.90. The van der Waals surface area contributed by atoms with Gasteiger partial charge < -0.3 is 10.1 Å². The average Bonchev–Trinajstić information content (AvgIpc) is 3.30. The molecule has 0 saturated heterocycles. The monoisotopic (exact) mass is 349 g/mol. The molecule has 0 heterocycles. The molecule has 1 saturated carbocycles. The summed E-state index contributed by atoms with van der Waals surface area (Å²) in [5.41, 5.74) is 1.87. The lowest BCUT2D eigenvalue weighted by Gasteiger charge is -2.13. The number of para-hydroxylation sites is 1. The van der Waals surface area contributed by atoms with Crippen molar-refractivity contribution in [2.24, 2.45) is 0 Å². The number of benzene rings is 2. The maximum Gasteiger partial charge on any atom is 0.165 e. The molecular formula is C17H17BrFNO. The largest absolute Gasteiger partial charge is 0.485 e. The number of hydrogen-bond acceptors (Lipinski definition) is 2. The fourth-order valence-electron chi connectivity index (χ4n) is 2.16. The molecule has 1 N–H and O–H groups in total. The molecule has 1 fully saturated rings. The molecule has 0 spiro atoms. The molecule has 0 aromatic heterocycles. The first-order chi connectivity index (χ1) is 10.2. The van der Waals surface area contributed by atoms with Crippen molar-refractivity contribution in [2.75, 3.05) is 0 Å². The Morgan fingerprint density at radius 3 is 2.62 bits per heavy atom. The SMILES string of the molecule is Fc1cccc(CNC2CC2)c1OCc1ccccc1Br. The average molecular weight is 350 g/mol. The summed E-state index contributed by atoms with van der Waals surface area (Å²) in [5, 5.41) is 3.39. The summed E-state index contributed by atoms with van der Waals surface area (Å²) in [6.45, 7) is 0.993. The summed E-state index contributed by atoms with van der Waals surface area (Å²) in [5.74, 6) is 0.0403. The van der Waals surface area contributed by atoms with Gasteiger partial charge in [0.15, 0.2) is 11.6 Å². The third-order valence-electron chi connectivity index (χ3n) is 3.54. The molecule has 0 amide bonds. The van der Waals surface area contributed by atoms with Crippen molar-refractivity contribution >= 4 is 15.9 Å². The maximum absolute atomic E-state index is 14.0. The van der Waals surface area contributed by atoms with Crippen LogP contribution in [0.2, 0.25) is 0 Å². The Kier molecular flexibility index (Phi) is 4.56. The van der Waals surface area contributed by atoms with Crippen molar-refractivity contribution < 1.29 is 9.13 Å². The van der Waals surface area contributed by atoms with E-state index in [4.69, 9.17) is 4.74 Å². The van der Waals surface area contributed by atoms with Crippen molar-refractivity contribution in [1.29, 1.82) is 0 Å². The number of ether oxygens (including phenoxy) is 1. The van der Waals surface area contributed by atoms with Gasteiger partial charge in [-0.3, -0.25) is 0 Å². The second kappa shape index (κ2) is 6.58. The molecule has 110 valence electrons. The minimum Gasteiger partial charge on any atom is -0.485 e. The summed E-state index contributed by atoms with van der Waals surface area (Å²) in [7, 11) is 0. The smallest absolute Gasteiger partial charge is 0.165 e. The van der Waals surface area contributed by atoms with Crippen LogP contribution in [0.4, 0.5) is 4.39 Å². The molecule has 0 radical (unpaired) electrons. The van der Waals surface area contributed by atoms with E-state index in [2.05, 4.69) is 21.2 Å². The maximum atomic E-state index is 14.0. The fourth-order valence-corrected chi connectivity index (χ4v) is 2.56. The minimum atomic E-state index is -0.308. The van der Waals surface area contributed by atoms with Crippen LogP contribution in [0.15, 0.2) is 46.9 Å². The summed E-state index contributed by atoms with van der Waals surface area (Å²) < 4.78 is 20.7. The summed E-state index contributed by atoms with van der Waals surface area (Å²) in [6, 6.07) is 13.5. The molecule has 1 aliphatic rings. The first kappa shape index (κ1) is 14.5. The zero-order valence-electron chi connectivity index (χ0n) is 11.6. The Hall–Kier alpha value is -1.39. The van der Waals surface area contributed by atoms with E-state index in [1.54, 1.807) is 6.07 Å². The molecular weight excluding hydrogens is 333 g/mol. The lowest BCUT2D eigenvalue weighted by atomic mass is 10.2. The Balaban J connectivity index is 1.72. The number of halogens is 2. The zero-order chi connectivity index (χ0) is 14.7. The van der Waals surface area contributed by atoms with Crippen LogP contribution in [0, 0.1) is 5.82 Å². The van der Waals surface area contributed by atoms with E-state index in [0.717, 1.165) is 15.6 Å². The number of nitrogens with one attached hydrogen (secondary N) is 1. The highest BCUT2D eigenvalue weighted by Crippen LogP contribution is 2.27. The van der Waals surface area contributed by atoms with Crippen LogP contribution in [0.5, 0.6) is 5.75 Å². The molecule has 0 bridgehead atoms. The van der Waals surface area contributed by atoms with Crippen LogP contribution in [0.25, 0.3) is 0 Å². The van der Waals surface area contributed by atoms with Gasteiger partial charge in [0.1, 0.15) is 6.61 Å². The second-order valence-corrected chi connectivity index (χ2v) is 6.12. The van der Waals surface area contributed by atoms with Crippen molar-refractivity contribution in [3.63, 3.8) is 0 Å². The molecule has 3 rings (SSSR count). The van der Waals surface area contributed by atoms with E-state index < -0.39 is 0 Å². The highest BCUT2D eigenvalue weighted by Gasteiger charge is 2.21. The first-order valence-electron chi connectivity index (χ1n) is 7.11. The van der Waals surface area contributed by atoms with Gasteiger partial charge in [-0.05, 0) is 25.0 Å². The van der Waals surface area contributed by atoms with Crippen LogP contribution in [0.3, 0.4) is 0 Å². The van der Waals surface area contributed by atoms with Crippen LogP contribution < -0.4 is 10.1 Å². The lowest BCUT2D eigenvalue weighted by molar-refractivity contribution is 0.285. The third kappa shape index (κ3) is 3.83. The van der Waals surface area contributed by atoms with Gasteiger partial charge in [-0.25, -0.2) is 4.39 Å². The Morgan fingerprint density at radius 2 is 1.86 bits per heavy atom. The summed E-state index contributed by atoms with van der Waals surface area (Å²) in [6.07, 6.45) is 2.42. The van der Waals surface area contributed by atoms with Gasteiger partial charge in [-0.2, -0.15) is 0 Å². The van der Waals surface area contributed by atoms with Crippen LogP contribution in [-0.4, -0.2) is 6.04 Å². The van der Waals surface area contributed by atoms with Crippen LogP contribution in [0.1, 0.15) is 24.0 Å². The molecule has 0 atom stereocenters. The van der Waals surface area contributed by atoms with Crippen molar-refractivity contribution in [1.82, 2.24) is 5.32 Å². The molecule has 2 nitrogen and oxygen atoms in total. The van der Waals surface area contributed by atoms with Gasteiger partial charge >= 0.3 is 0 Å². The van der Waals surface area contributed by atoms with E-state index >= 15 is 0 Å². The molecule has 0 unspecified atom stereocenters.